The molecule has 1 amide bonds. The highest BCUT2D eigenvalue weighted by Gasteiger charge is 2.11. The van der Waals surface area contributed by atoms with Crippen molar-refractivity contribution in [3.8, 4) is 11.1 Å². The van der Waals surface area contributed by atoms with E-state index in [4.69, 9.17) is 0 Å². The zero-order valence-corrected chi connectivity index (χ0v) is 20.6. The quantitative estimate of drug-likeness (QED) is 0.323. The summed E-state index contributed by atoms with van der Waals surface area (Å²) in [5, 5.41) is 6.45. The van der Waals surface area contributed by atoms with E-state index in [1.165, 1.54) is 29.2 Å². The first kappa shape index (κ1) is 25.2. The van der Waals surface area contributed by atoms with Gasteiger partial charge in [-0.1, -0.05) is 73.9 Å². The first-order valence-corrected chi connectivity index (χ1v) is 12.2. The Bertz CT molecular complexity index is 1050. The SMILES string of the molecule is CCCC[C@@H](Cc1ccc(-c2ccc(C)cc2)cc1)Nc1ccc(C(=O)NCCC(C)=O)cc1. The zero-order valence-electron chi connectivity index (χ0n) is 20.6. The van der Waals surface area contributed by atoms with Gasteiger partial charge in [0.2, 0.25) is 0 Å². The number of anilines is 1. The molecule has 0 unspecified atom stereocenters. The van der Waals surface area contributed by atoms with Crippen LogP contribution in [0.1, 0.15) is 61.0 Å². The van der Waals surface area contributed by atoms with Crippen molar-refractivity contribution in [2.24, 2.45) is 0 Å². The Morgan fingerprint density at radius 3 is 2.06 bits per heavy atom. The summed E-state index contributed by atoms with van der Waals surface area (Å²) in [6, 6.07) is 25.4. The van der Waals surface area contributed by atoms with Crippen LogP contribution in [-0.2, 0) is 11.2 Å². The Morgan fingerprint density at radius 2 is 1.47 bits per heavy atom. The van der Waals surface area contributed by atoms with Crippen molar-refractivity contribution in [2.45, 2.75) is 58.9 Å². The number of benzene rings is 3. The maximum absolute atomic E-state index is 12.2. The minimum absolute atomic E-state index is 0.0720. The van der Waals surface area contributed by atoms with E-state index in [1.807, 2.05) is 24.3 Å². The molecule has 0 aliphatic rings. The second-order valence-electron chi connectivity index (χ2n) is 9.04. The van der Waals surface area contributed by atoms with Crippen LogP contribution in [0.15, 0.2) is 72.8 Å². The summed E-state index contributed by atoms with van der Waals surface area (Å²) in [4.78, 5) is 23.3. The second-order valence-corrected chi connectivity index (χ2v) is 9.04. The van der Waals surface area contributed by atoms with Crippen molar-refractivity contribution in [3.63, 3.8) is 0 Å². The molecule has 4 nitrogen and oxygen atoms in total. The fourth-order valence-corrected chi connectivity index (χ4v) is 3.95. The monoisotopic (exact) mass is 456 g/mol. The van der Waals surface area contributed by atoms with Gasteiger partial charge in [0.05, 0.1) is 0 Å². The normalized spacial score (nSPS) is 11.6. The van der Waals surface area contributed by atoms with Crippen LogP contribution in [0.4, 0.5) is 5.69 Å². The van der Waals surface area contributed by atoms with Gasteiger partial charge in [-0.05, 0) is 67.6 Å². The lowest BCUT2D eigenvalue weighted by Crippen LogP contribution is -2.25. The number of Topliss-reactive ketones (excluding diaryl/α,β-unsaturated/α-hetero) is 1. The van der Waals surface area contributed by atoms with Crippen LogP contribution in [0.25, 0.3) is 11.1 Å². The molecule has 0 radical (unpaired) electrons. The molecule has 0 spiro atoms. The van der Waals surface area contributed by atoms with E-state index in [9.17, 15) is 9.59 Å². The van der Waals surface area contributed by atoms with Crippen LogP contribution in [0.3, 0.4) is 0 Å². The van der Waals surface area contributed by atoms with Crippen molar-refractivity contribution in [3.05, 3.63) is 89.5 Å². The van der Waals surface area contributed by atoms with Crippen molar-refractivity contribution < 1.29 is 9.59 Å². The molecule has 0 saturated carbocycles. The molecular formula is C30H36N2O2. The van der Waals surface area contributed by atoms with Gasteiger partial charge in [-0.15, -0.1) is 0 Å². The third kappa shape index (κ3) is 7.87. The Labute approximate surface area is 203 Å². The van der Waals surface area contributed by atoms with E-state index < -0.39 is 0 Å². The standard InChI is InChI=1S/C30H36N2O2/c1-4-5-6-29(21-24-9-13-26(14-10-24)25-11-7-22(2)8-12-25)32-28-17-15-27(16-18-28)30(34)31-20-19-23(3)33/h7-18,29,32H,4-6,19-21H2,1-3H3,(H,31,34)/t29-/m0/s1. The molecule has 4 heteroatoms. The van der Waals surface area contributed by atoms with Gasteiger partial charge >= 0.3 is 0 Å². The number of hydrogen-bond donors (Lipinski definition) is 2. The topological polar surface area (TPSA) is 58.2 Å². The average Bonchev–Trinajstić information content (AvgIpc) is 2.84. The van der Waals surface area contributed by atoms with E-state index in [0.29, 0.717) is 24.6 Å². The Kier molecular flexibility index (Phi) is 9.45. The molecule has 0 bridgehead atoms. The number of unbranched alkanes of at least 4 members (excludes halogenated alkanes) is 1. The molecule has 0 saturated heterocycles. The summed E-state index contributed by atoms with van der Waals surface area (Å²) in [6.07, 6.45) is 4.71. The largest absolute Gasteiger partial charge is 0.382 e. The summed E-state index contributed by atoms with van der Waals surface area (Å²) in [5.41, 5.74) is 6.67. The van der Waals surface area contributed by atoms with E-state index in [0.717, 1.165) is 31.4 Å². The zero-order chi connectivity index (χ0) is 24.3. The summed E-state index contributed by atoms with van der Waals surface area (Å²) < 4.78 is 0. The van der Waals surface area contributed by atoms with Crippen molar-refractivity contribution >= 4 is 17.4 Å². The highest BCUT2D eigenvalue weighted by atomic mass is 16.1. The molecule has 178 valence electrons. The van der Waals surface area contributed by atoms with E-state index in [-0.39, 0.29) is 11.7 Å². The van der Waals surface area contributed by atoms with E-state index in [1.54, 1.807) is 0 Å². The summed E-state index contributed by atoms with van der Waals surface area (Å²) >= 11 is 0. The van der Waals surface area contributed by atoms with Gasteiger partial charge in [-0.3, -0.25) is 9.59 Å². The lowest BCUT2D eigenvalue weighted by Gasteiger charge is -2.20. The van der Waals surface area contributed by atoms with Crippen LogP contribution in [0, 0.1) is 6.92 Å². The van der Waals surface area contributed by atoms with Gasteiger partial charge in [0.1, 0.15) is 5.78 Å². The van der Waals surface area contributed by atoms with E-state index >= 15 is 0 Å². The third-order valence-corrected chi connectivity index (χ3v) is 6.01. The van der Waals surface area contributed by atoms with Crippen molar-refractivity contribution in [2.75, 3.05) is 11.9 Å². The number of hydrogen-bond acceptors (Lipinski definition) is 3. The molecule has 0 fully saturated rings. The Balaban J connectivity index is 1.61. The number of carbonyl (C=O) groups is 2. The smallest absolute Gasteiger partial charge is 0.251 e. The van der Waals surface area contributed by atoms with Crippen molar-refractivity contribution in [1.29, 1.82) is 0 Å². The lowest BCUT2D eigenvalue weighted by molar-refractivity contribution is -0.116. The molecule has 0 aliphatic heterocycles. The first-order valence-electron chi connectivity index (χ1n) is 12.2. The molecule has 0 heterocycles. The maximum Gasteiger partial charge on any atom is 0.251 e. The van der Waals surface area contributed by atoms with Gasteiger partial charge in [-0.2, -0.15) is 0 Å². The molecule has 2 N–H and O–H groups in total. The number of carbonyl (C=O) groups excluding carboxylic acids is 2. The summed E-state index contributed by atoms with van der Waals surface area (Å²) in [5.74, 6) is -0.0771. The predicted molar refractivity (Wildman–Crippen MR) is 141 cm³/mol. The fraction of sp³-hybridized carbons (Fsp3) is 0.333. The van der Waals surface area contributed by atoms with Crippen LogP contribution in [0.2, 0.25) is 0 Å². The summed E-state index contributed by atoms with van der Waals surface area (Å²) in [7, 11) is 0. The molecule has 3 aromatic carbocycles. The first-order chi connectivity index (χ1) is 16.4. The fourth-order valence-electron chi connectivity index (χ4n) is 3.95. The van der Waals surface area contributed by atoms with Crippen molar-refractivity contribution in [1.82, 2.24) is 5.32 Å². The van der Waals surface area contributed by atoms with E-state index in [2.05, 4.69) is 73.0 Å². The highest BCUT2D eigenvalue weighted by Crippen LogP contribution is 2.22. The number of amides is 1. The highest BCUT2D eigenvalue weighted by molar-refractivity contribution is 5.94. The average molecular weight is 457 g/mol. The molecule has 1 atom stereocenters. The van der Waals surface area contributed by atoms with Crippen LogP contribution < -0.4 is 10.6 Å². The number of aryl methyl sites for hydroxylation is 1. The second kappa shape index (κ2) is 12.7. The number of rotatable bonds is 12. The minimum Gasteiger partial charge on any atom is -0.382 e. The van der Waals surface area contributed by atoms with Crippen LogP contribution in [0.5, 0.6) is 0 Å². The Morgan fingerprint density at radius 1 is 0.853 bits per heavy atom. The molecule has 0 aliphatic carbocycles. The summed E-state index contributed by atoms with van der Waals surface area (Å²) in [6.45, 7) is 6.22. The lowest BCUT2D eigenvalue weighted by atomic mass is 9.97. The maximum atomic E-state index is 12.2. The van der Waals surface area contributed by atoms with Crippen LogP contribution in [-0.4, -0.2) is 24.3 Å². The number of nitrogens with one attached hydrogen (secondary N) is 2. The third-order valence-electron chi connectivity index (χ3n) is 6.01. The van der Waals surface area contributed by atoms with Gasteiger partial charge in [0, 0.05) is 30.3 Å². The molecule has 3 rings (SSSR count). The Hall–Kier alpha value is -3.40. The van der Waals surface area contributed by atoms with Gasteiger partial charge in [-0.25, -0.2) is 0 Å². The molecule has 0 aromatic heterocycles. The minimum atomic E-state index is -0.149. The number of ketones is 1. The van der Waals surface area contributed by atoms with Crippen LogP contribution >= 0.6 is 0 Å². The van der Waals surface area contributed by atoms with Gasteiger partial charge < -0.3 is 10.6 Å². The van der Waals surface area contributed by atoms with Gasteiger partial charge in [0.15, 0.2) is 0 Å². The molecule has 34 heavy (non-hydrogen) atoms. The molecular weight excluding hydrogens is 420 g/mol. The van der Waals surface area contributed by atoms with Gasteiger partial charge in [0.25, 0.3) is 5.91 Å². The molecule has 3 aromatic rings. The predicted octanol–water partition coefficient (Wildman–Crippen LogP) is 6.58.